The van der Waals surface area contributed by atoms with E-state index < -0.39 is 0 Å². The highest BCUT2D eigenvalue weighted by Crippen LogP contribution is 2.22. The van der Waals surface area contributed by atoms with E-state index in [2.05, 4.69) is 76.4 Å². The monoisotopic (exact) mass is 414 g/mol. The standard InChI is InChI=1S/C22H27BrN2O/c1-16(2)18-5-9-21(10-6-18)24-22(26)19-11-13-25(14-12-19)15-17-3-7-20(23)8-4-17/h3-10,16,19H,11-15H2,1-2H3,(H,24,26). The van der Waals surface area contributed by atoms with E-state index in [0.717, 1.165) is 42.6 Å². The van der Waals surface area contributed by atoms with Gasteiger partial charge in [-0.2, -0.15) is 0 Å². The van der Waals surface area contributed by atoms with Gasteiger partial charge in [-0.1, -0.05) is 54.0 Å². The predicted octanol–water partition coefficient (Wildman–Crippen LogP) is 5.42. The third kappa shape index (κ3) is 5.18. The van der Waals surface area contributed by atoms with Crippen LogP contribution in [0.2, 0.25) is 0 Å². The molecule has 0 radical (unpaired) electrons. The number of carbonyl (C=O) groups excluding carboxylic acids is 1. The Morgan fingerprint density at radius 1 is 1.08 bits per heavy atom. The molecule has 3 nitrogen and oxygen atoms in total. The maximum Gasteiger partial charge on any atom is 0.227 e. The van der Waals surface area contributed by atoms with Gasteiger partial charge in [0.2, 0.25) is 5.91 Å². The van der Waals surface area contributed by atoms with Crippen LogP contribution in [0.25, 0.3) is 0 Å². The van der Waals surface area contributed by atoms with Crippen molar-refractivity contribution in [2.24, 2.45) is 5.92 Å². The van der Waals surface area contributed by atoms with E-state index in [1.54, 1.807) is 0 Å². The van der Waals surface area contributed by atoms with Crippen molar-refractivity contribution in [3.63, 3.8) is 0 Å². The Hall–Kier alpha value is -1.65. The van der Waals surface area contributed by atoms with Crippen LogP contribution in [0.4, 0.5) is 5.69 Å². The summed E-state index contributed by atoms with van der Waals surface area (Å²) < 4.78 is 1.11. The Kier molecular flexibility index (Phi) is 6.49. The van der Waals surface area contributed by atoms with E-state index in [1.807, 2.05) is 12.1 Å². The van der Waals surface area contributed by atoms with Gasteiger partial charge in [-0.3, -0.25) is 9.69 Å². The fourth-order valence-electron chi connectivity index (χ4n) is 3.40. The summed E-state index contributed by atoms with van der Waals surface area (Å²) in [5, 5.41) is 3.09. The molecule has 1 aliphatic heterocycles. The largest absolute Gasteiger partial charge is 0.326 e. The first-order chi connectivity index (χ1) is 12.5. The SMILES string of the molecule is CC(C)c1ccc(NC(=O)C2CCN(Cc3ccc(Br)cc3)CC2)cc1. The number of benzene rings is 2. The molecule has 2 aromatic carbocycles. The van der Waals surface area contributed by atoms with Crippen molar-refractivity contribution < 1.29 is 4.79 Å². The lowest BCUT2D eigenvalue weighted by Crippen LogP contribution is -2.37. The molecule has 1 saturated heterocycles. The molecule has 1 fully saturated rings. The Balaban J connectivity index is 1.47. The fraction of sp³-hybridized carbons (Fsp3) is 0.409. The Morgan fingerprint density at radius 2 is 1.69 bits per heavy atom. The summed E-state index contributed by atoms with van der Waals surface area (Å²) in [4.78, 5) is 15.0. The normalized spacial score (nSPS) is 16.0. The number of likely N-dealkylation sites (tertiary alicyclic amines) is 1. The van der Waals surface area contributed by atoms with Gasteiger partial charge in [-0.05, 0) is 67.2 Å². The van der Waals surface area contributed by atoms with Crippen LogP contribution < -0.4 is 5.32 Å². The molecule has 1 N–H and O–H groups in total. The van der Waals surface area contributed by atoms with Gasteiger partial charge in [-0.15, -0.1) is 0 Å². The number of nitrogens with zero attached hydrogens (tertiary/aromatic N) is 1. The van der Waals surface area contributed by atoms with Crippen molar-refractivity contribution in [2.45, 2.75) is 39.2 Å². The van der Waals surface area contributed by atoms with Crippen molar-refractivity contribution in [3.05, 3.63) is 64.1 Å². The van der Waals surface area contributed by atoms with Gasteiger partial charge in [0.1, 0.15) is 0 Å². The first-order valence-corrected chi connectivity index (χ1v) is 10.2. The highest BCUT2D eigenvalue weighted by atomic mass is 79.9. The Labute approximate surface area is 164 Å². The van der Waals surface area contributed by atoms with Gasteiger partial charge in [0.25, 0.3) is 0 Å². The molecule has 0 aliphatic carbocycles. The van der Waals surface area contributed by atoms with Crippen molar-refractivity contribution in [1.29, 1.82) is 0 Å². The number of anilines is 1. The molecule has 1 amide bonds. The van der Waals surface area contributed by atoms with Gasteiger partial charge in [0, 0.05) is 22.6 Å². The molecular formula is C22H27BrN2O. The minimum Gasteiger partial charge on any atom is -0.326 e. The topological polar surface area (TPSA) is 32.3 Å². The smallest absolute Gasteiger partial charge is 0.227 e. The van der Waals surface area contributed by atoms with Crippen LogP contribution in [0.5, 0.6) is 0 Å². The quantitative estimate of drug-likeness (QED) is 0.707. The molecule has 4 heteroatoms. The van der Waals surface area contributed by atoms with Gasteiger partial charge >= 0.3 is 0 Å². The molecule has 0 spiro atoms. The molecule has 0 unspecified atom stereocenters. The minimum absolute atomic E-state index is 0.112. The highest BCUT2D eigenvalue weighted by molar-refractivity contribution is 9.10. The van der Waals surface area contributed by atoms with Crippen molar-refractivity contribution in [2.75, 3.05) is 18.4 Å². The zero-order chi connectivity index (χ0) is 18.5. The number of amides is 1. The number of hydrogen-bond acceptors (Lipinski definition) is 2. The second-order valence-corrected chi connectivity index (χ2v) is 8.36. The average molecular weight is 415 g/mol. The van der Waals surface area contributed by atoms with E-state index in [9.17, 15) is 4.79 Å². The van der Waals surface area contributed by atoms with Gasteiger partial charge in [0.05, 0.1) is 0 Å². The van der Waals surface area contributed by atoms with Crippen LogP contribution in [0.3, 0.4) is 0 Å². The van der Waals surface area contributed by atoms with E-state index in [4.69, 9.17) is 0 Å². The zero-order valence-corrected chi connectivity index (χ0v) is 17.1. The van der Waals surface area contributed by atoms with Crippen LogP contribution in [-0.4, -0.2) is 23.9 Å². The summed E-state index contributed by atoms with van der Waals surface area (Å²) >= 11 is 3.47. The fourth-order valence-corrected chi connectivity index (χ4v) is 3.66. The summed E-state index contributed by atoms with van der Waals surface area (Å²) in [5.41, 5.74) is 3.52. The summed E-state index contributed by atoms with van der Waals surface area (Å²) in [6, 6.07) is 16.7. The molecular weight excluding hydrogens is 388 g/mol. The molecule has 26 heavy (non-hydrogen) atoms. The summed E-state index contributed by atoms with van der Waals surface area (Å²) in [6.45, 7) is 7.25. The molecule has 2 aromatic rings. The van der Waals surface area contributed by atoms with Crippen molar-refractivity contribution >= 4 is 27.5 Å². The van der Waals surface area contributed by atoms with E-state index >= 15 is 0 Å². The first kappa shape index (κ1) is 19.1. The lowest BCUT2D eigenvalue weighted by molar-refractivity contribution is -0.121. The van der Waals surface area contributed by atoms with Crippen molar-refractivity contribution in [1.82, 2.24) is 4.90 Å². The first-order valence-electron chi connectivity index (χ1n) is 9.39. The summed E-state index contributed by atoms with van der Waals surface area (Å²) in [5.74, 6) is 0.779. The molecule has 0 bridgehead atoms. The molecule has 0 atom stereocenters. The number of nitrogens with one attached hydrogen (secondary N) is 1. The Morgan fingerprint density at radius 3 is 2.27 bits per heavy atom. The highest BCUT2D eigenvalue weighted by Gasteiger charge is 2.25. The average Bonchev–Trinajstić information content (AvgIpc) is 2.64. The lowest BCUT2D eigenvalue weighted by Gasteiger charge is -2.31. The van der Waals surface area contributed by atoms with Crippen LogP contribution >= 0.6 is 15.9 Å². The Bertz CT molecular complexity index is 717. The van der Waals surface area contributed by atoms with E-state index in [0.29, 0.717) is 5.92 Å². The van der Waals surface area contributed by atoms with Crippen LogP contribution in [0, 0.1) is 5.92 Å². The van der Waals surface area contributed by atoms with E-state index in [1.165, 1.54) is 11.1 Å². The maximum absolute atomic E-state index is 12.6. The third-order valence-electron chi connectivity index (χ3n) is 5.12. The van der Waals surface area contributed by atoms with Gasteiger partial charge in [-0.25, -0.2) is 0 Å². The lowest BCUT2D eigenvalue weighted by atomic mass is 9.95. The molecule has 0 saturated carbocycles. The third-order valence-corrected chi connectivity index (χ3v) is 5.65. The van der Waals surface area contributed by atoms with Crippen LogP contribution in [-0.2, 0) is 11.3 Å². The van der Waals surface area contributed by atoms with E-state index in [-0.39, 0.29) is 11.8 Å². The van der Waals surface area contributed by atoms with Gasteiger partial charge in [0.15, 0.2) is 0 Å². The number of carbonyl (C=O) groups is 1. The number of piperidine rings is 1. The van der Waals surface area contributed by atoms with Crippen molar-refractivity contribution in [3.8, 4) is 0 Å². The number of rotatable bonds is 5. The summed E-state index contributed by atoms with van der Waals surface area (Å²) in [6.07, 6.45) is 1.85. The second kappa shape index (κ2) is 8.83. The molecule has 138 valence electrons. The minimum atomic E-state index is 0.112. The number of halogens is 1. The predicted molar refractivity (Wildman–Crippen MR) is 111 cm³/mol. The number of hydrogen-bond donors (Lipinski definition) is 1. The zero-order valence-electron chi connectivity index (χ0n) is 15.5. The molecule has 1 aliphatic rings. The molecule has 0 aromatic heterocycles. The maximum atomic E-state index is 12.6. The van der Waals surface area contributed by atoms with Crippen LogP contribution in [0.1, 0.15) is 43.7 Å². The second-order valence-electron chi connectivity index (χ2n) is 7.44. The van der Waals surface area contributed by atoms with Gasteiger partial charge < -0.3 is 5.32 Å². The molecule has 1 heterocycles. The molecule has 3 rings (SSSR count). The summed E-state index contributed by atoms with van der Waals surface area (Å²) in [7, 11) is 0. The van der Waals surface area contributed by atoms with Crippen LogP contribution in [0.15, 0.2) is 53.0 Å².